The second kappa shape index (κ2) is 9.50. The maximum absolute atomic E-state index is 12.9. The van der Waals surface area contributed by atoms with Crippen molar-refractivity contribution in [2.45, 2.75) is 19.4 Å². The van der Waals surface area contributed by atoms with Crippen LogP contribution in [0.5, 0.6) is 5.75 Å². The van der Waals surface area contributed by atoms with E-state index in [1.165, 1.54) is 6.92 Å². The summed E-state index contributed by atoms with van der Waals surface area (Å²) < 4.78 is 11.6. The zero-order valence-electron chi connectivity index (χ0n) is 17.5. The fourth-order valence-electron chi connectivity index (χ4n) is 3.69. The molecule has 0 saturated carbocycles. The third kappa shape index (κ3) is 4.81. The number of nitrogens with zero attached hydrogens (tertiary/aromatic N) is 2. The van der Waals surface area contributed by atoms with Crippen molar-refractivity contribution in [1.82, 2.24) is 15.1 Å². The van der Waals surface area contributed by atoms with Crippen molar-refractivity contribution in [2.75, 3.05) is 26.3 Å². The summed E-state index contributed by atoms with van der Waals surface area (Å²) in [6.07, 6.45) is -0.278. The third-order valence-electron chi connectivity index (χ3n) is 5.33. The molecule has 1 N–H and O–H groups in total. The number of carbonyl (C=O) groups is 2. The molecule has 0 radical (unpaired) electrons. The maximum atomic E-state index is 12.9. The van der Waals surface area contributed by atoms with Gasteiger partial charge >= 0.3 is 0 Å². The van der Waals surface area contributed by atoms with E-state index in [0.29, 0.717) is 52.5 Å². The molecule has 1 fully saturated rings. The number of halogens is 1. The average Bonchev–Trinajstić information content (AvgIpc) is 2.80. The van der Waals surface area contributed by atoms with Crippen LogP contribution in [0.25, 0.3) is 10.8 Å². The minimum absolute atomic E-state index is 0.0660. The van der Waals surface area contributed by atoms with Gasteiger partial charge in [-0.2, -0.15) is 5.10 Å². The molecule has 4 rings (SSSR count). The number of hydrogen-bond acceptors (Lipinski definition) is 6. The van der Waals surface area contributed by atoms with Gasteiger partial charge in [-0.25, -0.2) is 5.10 Å². The summed E-state index contributed by atoms with van der Waals surface area (Å²) in [5.41, 5.74) is 0.640. The summed E-state index contributed by atoms with van der Waals surface area (Å²) in [4.78, 5) is 38.4. The lowest BCUT2D eigenvalue weighted by molar-refractivity contribution is -0.139. The van der Waals surface area contributed by atoms with Gasteiger partial charge < -0.3 is 14.4 Å². The molecule has 32 heavy (non-hydrogen) atoms. The van der Waals surface area contributed by atoms with Gasteiger partial charge in [-0.15, -0.1) is 0 Å². The summed E-state index contributed by atoms with van der Waals surface area (Å²) >= 11 is 5.97. The number of morpholine rings is 1. The Balaban J connectivity index is 1.41. The molecule has 166 valence electrons. The number of aromatic nitrogens is 2. The molecule has 3 aromatic rings. The molecule has 1 atom stereocenters. The summed E-state index contributed by atoms with van der Waals surface area (Å²) in [7, 11) is 0. The molecule has 2 aromatic carbocycles. The number of rotatable bonds is 6. The molecule has 0 spiro atoms. The Morgan fingerprint density at radius 2 is 2.03 bits per heavy atom. The number of carbonyl (C=O) groups excluding carboxylic acids is 2. The fraction of sp³-hybridized carbons (Fsp3) is 0.304. The van der Waals surface area contributed by atoms with Crippen molar-refractivity contribution in [3.8, 4) is 5.75 Å². The molecule has 1 aliphatic heterocycles. The minimum atomic E-state index is -0.344. The Kier molecular flexibility index (Phi) is 6.53. The van der Waals surface area contributed by atoms with Crippen molar-refractivity contribution >= 4 is 34.1 Å². The van der Waals surface area contributed by atoms with Crippen molar-refractivity contribution in [3.63, 3.8) is 0 Å². The number of nitrogens with one attached hydrogen (secondary N) is 1. The quantitative estimate of drug-likeness (QED) is 0.573. The number of ketones is 1. The highest BCUT2D eigenvalue weighted by Gasteiger charge is 2.26. The van der Waals surface area contributed by atoms with Crippen LogP contribution < -0.4 is 10.3 Å². The molecular weight excluding hydrogens is 434 g/mol. The summed E-state index contributed by atoms with van der Waals surface area (Å²) in [5.74, 6) is 0.168. The highest BCUT2D eigenvalue weighted by molar-refractivity contribution is 6.31. The Morgan fingerprint density at radius 3 is 2.81 bits per heavy atom. The van der Waals surface area contributed by atoms with Gasteiger partial charge in [0.2, 0.25) is 5.91 Å². The summed E-state index contributed by atoms with van der Waals surface area (Å²) in [5, 5.41) is 8.17. The molecule has 1 amide bonds. The lowest BCUT2D eigenvalue weighted by Crippen LogP contribution is -2.48. The Hall–Kier alpha value is -3.23. The van der Waals surface area contributed by atoms with Crippen LogP contribution in [0.15, 0.2) is 47.3 Å². The van der Waals surface area contributed by atoms with Crippen LogP contribution in [0.4, 0.5) is 0 Å². The van der Waals surface area contributed by atoms with Crippen molar-refractivity contribution < 1.29 is 19.1 Å². The van der Waals surface area contributed by atoms with E-state index in [4.69, 9.17) is 21.1 Å². The van der Waals surface area contributed by atoms with Crippen LogP contribution in [0, 0.1) is 0 Å². The molecular formula is C23H22ClN3O5. The molecule has 2 heterocycles. The van der Waals surface area contributed by atoms with Crippen molar-refractivity contribution in [1.29, 1.82) is 0 Å². The standard InChI is InChI=1S/C23H22ClN3O5/c1-14(28)19-10-15(24)6-7-21(19)32-13-16-12-27(8-9-31-16)22(29)11-20-17-4-2-3-5-18(17)23(30)26-25-20/h2-7,10,16H,8-9,11-13H2,1H3,(H,26,30). The van der Waals surface area contributed by atoms with Gasteiger partial charge in [-0.3, -0.25) is 14.4 Å². The minimum Gasteiger partial charge on any atom is -0.490 e. The van der Waals surface area contributed by atoms with E-state index >= 15 is 0 Å². The summed E-state index contributed by atoms with van der Waals surface area (Å²) in [6, 6.07) is 11.9. The van der Waals surface area contributed by atoms with Gasteiger partial charge in [0.25, 0.3) is 5.56 Å². The normalized spacial score (nSPS) is 16.2. The van der Waals surface area contributed by atoms with Crippen LogP contribution in [0.3, 0.4) is 0 Å². The Labute approximate surface area is 189 Å². The zero-order chi connectivity index (χ0) is 22.7. The molecule has 1 unspecified atom stereocenters. The van der Waals surface area contributed by atoms with Crippen LogP contribution in [0.2, 0.25) is 5.02 Å². The first kappa shape index (κ1) is 22.0. The van der Waals surface area contributed by atoms with Crippen molar-refractivity contribution in [2.24, 2.45) is 0 Å². The number of amides is 1. The highest BCUT2D eigenvalue weighted by Crippen LogP contribution is 2.24. The van der Waals surface area contributed by atoms with Gasteiger partial charge in [0.1, 0.15) is 18.5 Å². The predicted octanol–water partition coefficient (Wildman–Crippen LogP) is 2.63. The highest BCUT2D eigenvalue weighted by atomic mass is 35.5. The molecule has 8 nitrogen and oxygen atoms in total. The van der Waals surface area contributed by atoms with Gasteiger partial charge in [0.15, 0.2) is 5.78 Å². The van der Waals surface area contributed by atoms with Crippen molar-refractivity contribution in [3.05, 3.63) is 69.1 Å². The predicted molar refractivity (Wildman–Crippen MR) is 119 cm³/mol. The van der Waals surface area contributed by atoms with Gasteiger partial charge in [-0.05, 0) is 31.2 Å². The lowest BCUT2D eigenvalue weighted by atomic mass is 10.1. The maximum Gasteiger partial charge on any atom is 0.272 e. The van der Waals surface area contributed by atoms with E-state index in [9.17, 15) is 14.4 Å². The van der Waals surface area contributed by atoms with Crippen LogP contribution >= 0.6 is 11.6 Å². The van der Waals surface area contributed by atoms with E-state index in [0.717, 1.165) is 0 Å². The average molecular weight is 456 g/mol. The van der Waals surface area contributed by atoms with Gasteiger partial charge in [0.05, 0.1) is 36.2 Å². The summed E-state index contributed by atoms with van der Waals surface area (Å²) in [6.45, 7) is 2.81. The number of hydrogen-bond donors (Lipinski definition) is 1. The van der Waals surface area contributed by atoms with E-state index in [1.54, 1.807) is 41.3 Å². The largest absolute Gasteiger partial charge is 0.490 e. The molecule has 1 aliphatic rings. The molecule has 0 aliphatic carbocycles. The number of benzene rings is 2. The first-order valence-electron chi connectivity index (χ1n) is 10.2. The van der Waals surface area contributed by atoms with E-state index in [1.807, 2.05) is 6.07 Å². The van der Waals surface area contributed by atoms with E-state index in [2.05, 4.69) is 10.2 Å². The molecule has 1 saturated heterocycles. The van der Waals surface area contributed by atoms with Gasteiger partial charge in [-0.1, -0.05) is 29.8 Å². The number of H-pyrrole nitrogens is 1. The SMILES string of the molecule is CC(=O)c1cc(Cl)ccc1OCC1CN(C(=O)Cc2n[nH]c(=O)c3ccccc23)CCO1. The number of aromatic amines is 1. The molecule has 0 bridgehead atoms. The van der Waals surface area contributed by atoms with Crippen LogP contribution in [-0.2, 0) is 16.0 Å². The second-order valence-corrected chi connectivity index (χ2v) is 8.00. The first-order valence-corrected chi connectivity index (χ1v) is 10.6. The van der Waals surface area contributed by atoms with E-state index in [-0.39, 0.29) is 36.4 Å². The lowest BCUT2D eigenvalue weighted by Gasteiger charge is -2.33. The Bertz CT molecular complexity index is 1230. The topological polar surface area (TPSA) is 102 Å². The Morgan fingerprint density at radius 1 is 1.25 bits per heavy atom. The second-order valence-electron chi connectivity index (χ2n) is 7.56. The number of Topliss-reactive ketones (excluding diaryl/α,β-unsaturated/α-hetero) is 1. The smallest absolute Gasteiger partial charge is 0.272 e. The van der Waals surface area contributed by atoms with E-state index < -0.39 is 0 Å². The monoisotopic (exact) mass is 455 g/mol. The van der Waals surface area contributed by atoms with Crippen LogP contribution in [-0.4, -0.2) is 59.2 Å². The molecule has 9 heteroatoms. The van der Waals surface area contributed by atoms with Gasteiger partial charge in [0, 0.05) is 17.0 Å². The number of fused-ring (bicyclic) bond motifs is 1. The number of ether oxygens (including phenoxy) is 2. The zero-order valence-corrected chi connectivity index (χ0v) is 18.2. The van der Waals surface area contributed by atoms with Crippen LogP contribution in [0.1, 0.15) is 23.0 Å². The molecule has 1 aromatic heterocycles. The fourth-order valence-corrected chi connectivity index (χ4v) is 3.87. The first-order chi connectivity index (χ1) is 15.4. The third-order valence-corrected chi connectivity index (χ3v) is 5.57.